The van der Waals surface area contributed by atoms with Crippen molar-refractivity contribution in [3.63, 3.8) is 0 Å². The lowest BCUT2D eigenvalue weighted by molar-refractivity contribution is 0.248. The van der Waals surface area contributed by atoms with Gasteiger partial charge in [-0.25, -0.2) is 0 Å². The van der Waals surface area contributed by atoms with E-state index in [9.17, 15) is 0 Å². The zero-order valence-electron chi connectivity index (χ0n) is 7.44. The van der Waals surface area contributed by atoms with Crippen molar-refractivity contribution < 1.29 is 5.11 Å². The molecule has 0 aromatic heterocycles. The Hall–Kier alpha value is 0.0500. The zero-order valence-corrected chi connectivity index (χ0v) is 8.26. The fourth-order valence-electron chi connectivity index (χ4n) is 2.35. The highest BCUT2D eigenvalue weighted by Gasteiger charge is 2.40. The summed E-state index contributed by atoms with van der Waals surface area (Å²) in [6, 6.07) is 0. The lowest BCUT2D eigenvalue weighted by Crippen LogP contribution is -2.21. The monoisotopic (exact) mass is 184 g/mol. The summed E-state index contributed by atoms with van der Waals surface area (Å²) in [4.78, 5) is 0. The first-order valence-corrected chi connectivity index (χ1v) is 5.68. The Kier molecular flexibility index (Phi) is 2.47. The maximum atomic E-state index is 9.14. The molecule has 0 aromatic carbocycles. The summed E-state index contributed by atoms with van der Waals surface area (Å²) in [6.07, 6.45) is 7.05. The van der Waals surface area contributed by atoms with Crippen molar-refractivity contribution in [1.82, 2.24) is 0 Å². The van der Waals surface area contributed by atoms with Crippen LogP contribution in [-0.2, 0) is 0 Å². The van der Waals surface area contributed by atoms with Crippen LogP contribution in [0, 0.1) is 11.8 Å². The molecular formula is C10H16OS. The molecular weight excluding hydrogens is 168 g/mol. The summed E-state index contributed by atoms with van der Waals surface area (Å²) in [5, 5.41) is 10.4. The molecule has 12 heavy (non-hydrogen) atoms. The summed E-state index contributed by atoms with van der Waals surface area (Å²) in [6.45, 7) is 2.65. The second-order valence-corrected chi connectivity index (χ2v) is 5.34. The third kappa shape index (κ3) is 1.31. The van der Waals surface area contributed by atoms with Gasteiger partial charge >= 0.3 is 0 Å². The van der Waals surface area contributed by atoms with Crippen LogP contribution in [0.2, 0.25) is 0 Å². The van der Waals surface area contributed by atoms with Gasteiger partial charge in [0.05, 0.1) is 6.61 Å². The van der Waals surface area contributed by atoms with Crippen molar-refractivity contribution in [1.29, 1.82) is 0 Å². The normalized spacial score (nSPS) is 46.2. The molecule has 2 aliphatic rings. The lowest BCUT2D eigenvalue weighted by atomic mass is 9.82. The van der Waals surface area contributed by atoms with Gasteiger partial charge in [0.1, 0.15) is 0 Å². The molecule has 0 aromatic rings. The number of thioether (sulfide) groups is 1. The second-order valence-electron chi connectivity index (χ2n) is 3.86. The molecule has 2 rings (SSSR count). The Bertz CT molecular complexity index is 190. The molecule has 4 atom stereocenters. The highest BCUT2D eigenvalue weighted by molar-refractivity contribution is 8.00. The van der Waals surface area contributed by atoms with Gasteiger partial charge in [0.25, 0.3) is 0 Å². The Balaban J connectivity index is 2.08. The molecule has 1 nitrogen and oxygen atoms in total. The molecule has 68 valence electrons. The number of aliphatic hydroxyl groups is 1. The van der Waals surface area contributed by atoms with Gasteiger partial charge in [0, 0.05) is 10.5 Å². The zero-order chi connectivity index (χ0) is 8.55. The third-order valence-electron chi connectivity index (χ3n) is 3.21. The SMILES string of the molecule is CC1C2CC=CCC2S[C@H]1CO. The molecule has 1 aliphatic heterocycles. The van der Waals surface area contributed by atoms with Crippen LogP contribution in [0.4, 0.5) is 0 Å². The van der Waals surface area contributed by atoms with Crippen LogP contribution in [-0.4, -0.2) is 22.2 Å². The lowest BCUT2D eigenvalue weighted by Gasteiger charge is -2.22. The van der Waals surface area contributed by atoms with Crippen LogP contribution < -0.4 is 0 Å². The molecule has 0 amide bonds. The number of hydrogen-bond acceptors (Lipinski definition) is 2. The highest BCUT2D eigenvalue weighted by atomic mass is 32.2. The van der Waals surface area contributed by atoms with Crippen LogP contribution in [0.25, 0.3) is 0 Å². The Morgan fingerprint density at radius 2 is 2.17 bits per heavy atom. The quantitative estimate of drug-likeness (QED) is 0.629. The molecule has 1 aliphatic carbocycles. The predicted octanol–water partition coefficient (Wildman–Crippen LogP) is 2.06. The summed E-state index contributed by atoms with van der Waals surface area (Å²) < 4.78 is 0. The van der Waals surface area contributed by atoms with E-state index >= 15 is 0 Å². The molecule has 0 bridgehead atoms. The summed E-state index contributed by atoms with van der Waals surface area (Å²) in [7, 11) is 0. The van der Waals surface area contributed by atoms with E-state index in [2.05, 4.69) is 19.1 Å². The van der Waals surface area contributed by atoms with Gasteiger partial charge in [-0.2, -0.15) is 11.8 Å². The van der Waals surface area contributed by atoms with Crippen LogP contribution in [0.15, 0.2) is 12.2 Å². The van der Waals surface area contributed by atoms with Gasteiger partial charge in [-0.3, -0.25) is 0 Å². The van der Waals surface area contributed by atoms with Gasteiger partial charge < -0.3 is 5.11 Å². The van der Waals surface area contributed by atoms with Gasteiger partial charge in [0.15, 0.2) is 0 Å². The van der Waals surface area contributed by atoms with E-state index in [0.717, 1.165) is 11.2 Å². The summed E-state index contributed by atoms with van der Waals surface area (Å²) >= 11 is 2.00. The first kappa shape index (κ1) is 8.64. The number of allylic oxidation sites excluding steroid dienone is 2. The molecule has 0 spiro atoms. The van der Waals surface area contributed by atoms with Crippen molar-refractivity contribution >= 4 is 11.8 Å². The van der Waals surface area contributed by atoms with Crippen LogP contribution in [0.1, 0.15) is 19.8 Å². The van der Waals surface area contributed by atoms with E-state index in [4.69, 9.17) is 5.11 Å². The minimum Gasteiger partial charge on any atom is -0.395 e. The van der Waals surface area contributed by atoms with E-state index in [-0.39, 0.29) is 0 Å². The molecule has 1 heterocycles. The average molecular weight is 184 g/mol. The van der Waals surface area contributed by atoms with E-state index in [1.807, 2.05) is 11.8 Å². The van der Waals surface area contributed by atoms with E-state index < -0.39 is 0 Å². The Morgan fingerprint density at radius 1 is 1.42 bits per heavy atom. The highest BCUT2D eigenvalue weighted by Crippen LogP contribution is 2.47. The topological polar surface area (TPSA) is 20.2 Å². The van der Waals surface area contributed by atoms with E-state index in [0.29, 0.717) is 17.8 Å². The maximum absolute atomic E-state index is 9.14. The molecule has 3 unspecified atom stereocenters. The van der Waals surface area contributed by atoms with Crippen molar-refractivity contribution in [3.05, 3.63) is 12.2 Å². The van der Waals surface area contributed by atoms with Crippen LogP contribution in [0.3, 0.4) is 0 Å². The van der Waals surface area contributed by atoms with Gasteiger partial charge in [-0.05, 0) is 24.7 Å². The number of fused-ring (bicyclic) bond motifs is 1. The largest absolute Gasteiger partial charge is 0.395 e. The van der Waals surface area contributed by atoms with Crippen molar-refractivity contribution in [2.75, 3.05) is 6.61 Å². The van der Waals surface area contributed by atoms with E-state index in [1.165, 1.54) is 12.8 Å². The fraction of sp³-hybridized carbons (Fsp3) is 0.800. The first-order valence-electron chi connectivity index (χ1n) is 4.74. The van der Waals surface area contributed by atoms with Crippen LogP contribution >= 0.6 is 11.8 Å². The fourth-order valence-corrected chi connectivity index (χ4v) is 4.12. The second kappa shape index (κ2) is 3.43. The van der Waals surface area contributed by atoms with Crippen molar-refractivity contribution in [2.24, 2.45) is 11.8 Å². The number of aliphatic hydroxyl groups excluding tert-OH is 1. The first-order chi connectivity index (χ1) is 5.83. The third-order valence-corrected chi connectivity index (χ3v) is 5.03. The summed E-state index contributed by atoms with van der Waals surface area (Å²) in [5.41, 5.74) is 0. The van der Waals surface area contributed by atoms with Gasteiger partial charge in [0.2, 0.25) is 0 Å². The minimum absolute atomic E-state index is 0.360. The Morgan fingerprint density at radius 3 is 2.83 bits per heavy atom. The summed E-state index contributed by atoms with van der Waals surface area (Å²) in [5.74, 6) is 1.53. The minimum atomic E-state index is 0.360. The smallest absolute Gasteiger partial charge is 0.0552 e. The average Bonchev–Trinajstić information content (AvgIpc) is 2.44. The predicted molar refractivity (Wildman–Crippen MR) is 53.3 cm³/mol. The maximum Gasteiger partial charge on any atom is 0.0552 e. The van der Waals surface area contributed by atoms with Crippen molar-refractivity contribution in [3.8, 4) is 0 Å². The Labute approximate surface area is 78.2 Å². The number of rotatable bonds is 1. The van der Waals surface area contributed by atoms with Gasteiger partial charge in [-0.1, -0.05) is 19.1 Å². The molecule has 1 saturated heterocycles. The molecule has 1 fully saturated rings. The standard InChI is InChI=1S/C10H16OS/c1-7-8-4-2-3-5-9(8)12-10(7)6-11/h2-3,7-11H,4-6H2,1H3/t7?,8?,9?,10-/m0/s1. The molecule has 0 saturated carbocycles. The molecule has 0 radical (unpaired) electrons. The van der Waals surface area contributed by atoms with Crippen molar-refractivity contribution in [2.45, 2.75) is 30.3 Å². The van der Waals surface area contributed by atoms with Gasteiger partial charge in [-0.15, -0.1) is 0 Å². The molecule has 1 N–H and O–H groups in total. The van der Waals surface area contributed by atoms with Crippen LogP contribution in [0.5, 0.6) is 0 Å². The van der Waals surface area contributed by atoms with E-state index in [1.54, 1.807) is 0 Å². The molecule has 2 heteroatoms. The number of hydrogen-bond donors (Lipinski definition) is 1.